The van der Waals surface area contributed by atoms with Gasteiger partial charge in [0.2, 0.25) is 0 Å². The van der Waals surface area contributed by atoms with Crippen molar-refractivity contribution < 1.29 is 0 Å². The second-order valence-electron chi connectivity index (χ2n) is 6.65. The van der Waals surface area contributed by atoms with E-state index in [4.69, 9.17) is 5.73 Å². The highest BCUT2D eigenvalue weighted by atomic mass is 15.2. The van der Waals surface area contributed by atoms with Crippen molar-refractivity contribution in [3.63, 3.8) is 0 Å². The van der Waals surface area contributed by atoms with E-state index in [0.717, 1.165) is 18.5 Å². The van der Waals surface area contributed by atoms with Gasteiger partial charge in [0.15, 0.2) is 0 Å². The van der Waals surface area contributed by atoms with Crippen molar-refractivity contribution in [3.05, 3.63) is 35.4 Å². The Hall–Kier alpha value is -0.860. The topological polar surface area (TPSA) is 29.3 Å². The Morgan fingerprint density at radius 1 is 1.10 bits per heavy atom. The van der Waals surface area contributed by atoms with Crippen molar-refractivity contribution in [3.8, 4) is 0 Å². The summed E-state index contributed by atoms with van der Waals surface area (Å²) >= 11 is 0. The average molecular weight is 272 g/mol. The maximum Gasteiger partial charge on any atom is 0.0473 e. The van der Waals surface area contributed by atoms with Gasteiger partial charge in [-0.15, -0.1) is 0 Å². The summed E-state index contributed by atoms with van der Waals surface area (Å²) in [7, 11) is 0. The lowest BCUT2D eigenvalue weighted by molar-refractivity contribution is 0.0276. The molecule has 1 aliphatic carbocycles. The minimum atomic E-state index is 0.418. The molecule has 1 aromatic carbocycles. The number of aryl methyl sites for hydroxylation is 1. The van der Waals surface area contributed by atoms with Gasteiger partial charge in [-0.3, -0.25) is 4.90 Å². The second kappa shape index (κ2) is 6.28. The molecule has 1 aliphatic heterocycles. The predicted molar refractivity (Wildman–Crippen MR) is 84.7 cm³/mol. The maximum absolute atomic E-state index is 6.15. The number of hydrogen-bond donors (Lipinski definition) is 1. The molecule has 3 rings (SSSR count). The van der Waals surface area contributed by atoms with Crippen molar-refractivity contribution in [2.45, 2.75) is 57.5 Å². The molecule has 110 valence electrons. The van der Waals surface area contributed by atoms with Crippen LogP contribution in [0.25, 0.3) is 0 Å². The van der Waals surface area contributed by atoms with Crippen molar-refractivity contribution in [1.29, 1.82) is 0 Å². The summed E-state index contributed by atoms with van der Waals surface area (Å²) in [5.41, 5.74) is 8.89. The van der Waals surface area contributed by atoms with Crippen LogP contribution in [0.2, 0.25) is 0 Å². The van der Waals surface area contributed by atoms with Crippen LogP contribution in [-0.4, -0.2) is 24.0 Å². The lowest BCUT2D eigenvalue weighted by Gasteiger charge is -2.47. The molecule has 1 saturated heterocycles. The summed E-state index contributed by atoms with van der Waals surface area (Å²) in [6.07, 6.45) is 8.45. The minimum Gasteiger partial charge on any atom is -0.329 e. The van der Waals surface area contributed by atoms with Crippen LogP contribution >= 0.6 is 0 Å². The van der Waals surface area contributed by atoms with E-state index >= 15 is 0 Å². The molecule has 2 fully saturated rings. The Labute approximate surface area is 123 Å². The van der Waals surface area contributed by atoms with E-state index in [1.54, 1.807) is 0 Å². The largest absolute Gasteiger partial charge is 0.329 e. The van der Waals surface area contributed by atoms with Crippen LogP contribution in [0, 0.1) is 12.8 Å². The lowest BCUT2D eigenvalue weighted by atomic mass is 9.77. The molecule has 3 atom stereocenters. The minimum absolute atomic E-state index is 0.418. The smallest absolute Gasteiger partial charge is 0.0473 e. The van der Waals surface area contributed by atoms with Crippen LogP contribution in [0.1, 0.15) is 55.7 Å². The molecule has 1 saturated carbocycles. The Balaban J connectivity index is 1.82. The molecule has 1 aromatic rings. The van der Waals surface area contributed by atoms with Crippen LogP contribution in [-0.2, 0) is 0 Å². The molecule has 3 unspecified atom stereocenters. The first kappa shape index (κ1) is 14.1. The highest BCUT2D eigenvalue weighted by Crippen LogP contribution is 2.39. The molecule has 20 heavy (non-hydrogen) atoms. The monoisotopic (exact) mass is 272 g/mol. The van der Waals surface area contributed by atoms with Gasteiger partial charge in [-0.2, -0.15) is 0 Å². The predicted octanol–water partition coefficient (Wildman–Crippen LogP) is 3.65. The van der Waals surface area contributed by atoms with Crippen molar-refractivity contribution >= 4 is 0 Å². The van der Waals surface area contributed by atoms with Gasteiger partial charge in [0, 0.05) is 18.6 Å². The third-order valence-corrected chi connectivity index (χ3v) is 5.37. The van der Waals surface area contributed by atoms with Crippen LogP contribution in [0.3, 0.4) is 0 Å². The molecule has 2 N–H and O–H groups in total. The van der Waals surface area contributed by atoms with Crippen LogP contribution in [0.5, 0.6) is 0 Å². The molecule has 0 radical (unpaired) electrons. The summed E-state index contributed by atoms with van der Waals surface area (Å²) in [5.74, 6) is 0.928. The van der Waals surface area contributed by atoms with E-state index in [1.165, 1.54) is 56.2 Å². The van der Waals surface area contributed by atoms with E-state index in [9.17, 15) is 0 Å². The van der Waals surface area contributed by atoms with Gasteiger partial charge in [-0.25, -0.2) is 0 Å². The fraction of sp³-hybridized carbons (Fsp3) is 0.667. The van der Waals surface area contributed by atoms with Crippen LogP contribution in [0.4, 0.5) is 0 Å². The highest BCUT2D eigenvalue weighted by Gasteiger charge is 2.36. The average Bonchev–Trinajstić information content (AvgIpc) is 2.50. The van der Waals surface area contributed by atoms with Gasteiger partial charge in [-0.05, 0) is 50.6 Å². The standard InChI is InChI=1S/C18H28N2/c1-14-8-10-16(11-9-14)18(13-19)20-12-4-6-15-5-2-3-7-17(15)20/h8-11,15,17-18H,2-7,12-13,19H2,1H3. The van der Waals surface area contributed by atoms with Crippen LogP contribution < -0.4 is 5.73 Å². The third kappa shape index (κ3) is 2.77. The first-order valence-corrected chi connectivity index (χ1v) is 8.32. The van der Waals surface area contributed by atoms with Crippen molar-refractivity contribution in [1.82, 2.24) is 4.90 Å². The first-order chi connectivity index (χ1) is 9.79. The quantitative estimate of drug-likeness (QED) is 0.910. The normalized spacial score (nSPS) is 28.9. The Morgan fingerprint density at radius 3 is 2.55 bits per heavy atom. The molecule has 2 aliphatic rings. The van der Waals surface area contributed by atoms with Gasteiger partial charge in [0.25, 0.3) is 0 Å². The van der Waals surface area contributed by atoms with E-state index in [2.05, 4.69) is 36.1 Å². The number of likely N-dealkylation sites (tertiary alicyclic amines) is 1. The zero-order valence-electron chi connectivity index (χ0n) is 12.7. The van der Waals surface area contributed by atoms with Gasteiger partial charge in [0.1, 0.15) is 0 Å². The molecule has 0 amide bonds. The second-order valence-corrected chi connectivity index (χ2v) is 6.65. The summed E-state index contributed by atoms with van der Waals surface area (Å²) in [6, 6.07) is 10.2. The molecular formula is C18H28N2. The van der Waals surface area contributed by atoms with E-state index in [1.807, 2.05) is 0 Å². The van der Waals surface area contributed by atoms with Gasteiger partial charge in [0.05, 0.1) is 0 Å². The molecule has 1 heterocycles. The van der Waals surface area contributed by atoms with Gasteiger partial charge < -0.3 is 5.73 Å². The first-order valence-electron chi connectivity index (χ1n) is 8.32. The number of hydrogen-bond acceptors (Lipinski definition) is 2. The number of nitrogens with zero attached hydrogens (tertiary/aromatic N) is 1. The Morgan fingerprint density at radius 2 is 1.80 bits per heavy atom. The number of nitrogens with two attached hydrogens (primary N) is 1. The summed E-state index contributed by atoms with van der Waals surface area (Å²) < 4.78 is 0. The van der Waals surface area contributed by atoms with E-state index in [0.29, 0.717) is 6.04 Å². The maximum atomic E-state index is 6.15. The SMILES string of the molecule is Cc1ccc(C(CN)N2CCCC3CCCCC32)cc1. The Bertz CT molecular complexity index is 424. The molecule has 0 spiro atoms. The zero-order valence-corrected chi connectivity index (χ0v) is 12.7. The number of benzene rings is 1. The number of fused-ring (bicyclic) bond motifs is 1. The summed E-state index contributed by atoms with van der Waals surface area (Å²) in [6.45, 7) is 4.13. The Kier molecular flexibility index (Phi) is 4.42. The van der Waals surface area contributed by atoms with Crippen molar-refractivity contribution in [2.24, 2.45) is 11.7 Å². The fourth-order valence-corrected chi connectivity index (χ4v) is 4.30. The van der Waals surface area contributed by atoms with Crippen LogP contribution in [0.15, 0.2) is 24.3 Å². The highest BCUT2D eigenvalue weighted by molar-refractivity contribution is 5.25. The lowest BCUT2D eigenvalue weighted by Crippen LogP contribution is -2.49. The van der Waals surface area contributed by atoms with Gasteiger partial charge in [-0.1, -0.05) is 42.7 Å². The fourth-order valence-electron chi connectivity index (χ4n) is 4.30. The summed E-state index contributed by atoms with van der Waals surface area (Å²) in [4.78, 5) is 2.73. The number of rotatable bonds is 3. The van der Waals surface area contributed by atoms with E-state index in [-0.39, 0.29) is 0 Å². The molecule has 0 aromatic heterocycles. The van der Waals surface area contributed by atoms with Gasteiger partial charge >= 0.3 is 0 Å². The number of piperidine rings is 1. The zero-order chi connectivity index (χ0) is 13.9. The molecule has 0 bridgehead atoms. The van der Waals surface area contributed by atoms with Crippen molar-refractivity contribution in [2.75, 3.05) is 13.1 Å². The summed E-state index contributed by atoms with van der Waals surface area (Å²) in [5, 5.41) is 0. The molecular weight excluding hydrogens is 244 g/mol. The van der Waals surface area contributed by atoms with E-state index < -0.39 is 0 Å². The molecule has 2 nitrogen and oxygen atoms in total. The third-order valence-electron chi connectivity index (χ3n) is 5.37. The molecule has 2 heteroatoms.